The summed E-state index contributed by atoms with van der Waals surface area (Å²) < 4.78 is 25.6. The van der Waals surface area contributed by atoms with Crippen LogP contribution in [0.4, 0.5) is 0 Å². The van der Waals surface area contributed by atoms with Gasteiger partial charge >= 0.3 is 0 Å². The lowest BCUT2D eigenvalue weighted by atomic mass is 9.53. The van der Waals surface area contributed by atoms with Crippen LogP contribution in [0.1, 0.15) is 48.9 Å². The summed E-state index contributed by atoms with van der Waals surface area (Å²) in [5, 5.41) is 5.86. The average Bonchev–Trinajstić information content (AvgIpc) is 2.64. The van der Waals surface area contributed by atoms with Gasteiger partial charge in [0.25, 0.3) is 5.91 Å². The molecule has 2 amide bonds. The van der Waals surface area contributed by atoms with E-state index in [-0.39, 0.29) is 28.4 Å². The van der Waals surface area contributed by atoms with E-state index in [1.807, 2.05) is 0 Å². The molecular weight excluding hydrogens is 390 g/mol. The number of rotatable bonds is 6. The van der Waals surface area contributed by atoms with E-state index in [0.29, 0.717) is 0 Å². The fourth-order valence-corrected chi connectivity index (χ4v) is 6.82. The van der Waals surface area contributed by atoms with Crippen molar-refractivity contribution in [1.82, 2.24) is 14.9 Å². The standard InChI is InChI=1S/C21H29N3O4S/c1-24(2)29(27,28)18-5-3-4-17(9-18)20(26)22-13-19(25)23-21-10-14-6-15(11-21)8-16(7-14)12-21/h3-5,9,14-16H,6-8,10-13H2,1-2H3,(H,22,26)(H,23,25). The van der Waals surface area contributed by atoms with Gasteiger partial charge in [0.2, 0.25) is 15.9 Å². The van der Waals surface area contributed by atoms with Crippen molar-refractivity contribution in [1.29, 1.82) is 0 Å². The maximum absolute atomic E-state index is 12.6. The molecular formula is C21H29N3O4S. The van der Waals surface area contributed by atoms with Gasteiger partial charge in [0.15, 0.2) is 0 Å². The van der Waals surface area contributed by atoms with Crippen LogP contribution in [0.3, 0.4) is 0 Å². The van der Waals surface area contributed by atoms with E-state index in [2.05, 4.69) is 10.6 Å². The maximum Gasteiger partial charge on any atom is 0.251 e. The first-order chi connectivity index (χ1) is 13.7. The molecule has 8 heteroatoms. The van der Waals surface area contributed by atoms with Gasteiger partial charge in [-0.1, -0.05) is 6.07 Å². The maximum atomic E-state index is 12.6. The van der Waals surface area contributed by atoms with Gasteiger partial charge in [-0.2, -0.15) is 0 Å². The van der Waals surface area contributed by atoms with Gasteiger partial charge in [-0.15, -0.1) is 0 Å². The lowest BCUT2D eigenvalue weighted by Gasteiger charge is -2.56. The number of nitrogens with one attached hydrogen (secondary N) is 2. The number of hydrogen-bond donors (Lipinski definition) is 2. The van der Waals surface area contributed by atoms with E-state index < -0.39 is 15.9 Å². The summed E-state index contributed by atoms with van der Waals surface area (Å²) >= 11 is 0. The minimum atomic E-state index is -3.62. The monoisotopic (exact) mass is 419 g/mol. The van der Waals surface area contributed by atoms with Gasteiger partial charge in [0.1, 0.15) is 0 Å². The molecule has 158 valence electrons. The lowest BCUT2D eigenvalue weighted by Crippen LogP contribution is -2.61. The van der Waals surface area contributed by atoms with Crippen LogP contribution < -0.4 is 10.6 Å². The summed E-state index contributed by atoms with van der Waals surface area (Å²) in [7, 11) is -0.738. The van der Waals surface area contributed by atoms with E-state index in [0.717, 1.165) is 41.3 Å². The number of benzene rings is 1. The molecule has 1 aromatic carbocycles. The van der Waals surface area contributed by atoms with Crippen LogP contribution in [0.5, 0.6) is 0 Å². The normalized spacial score (nSPS) is 30.4. The highest BCUT2D eigenvalue weighted by atomic mass is 32.2. The predicted octanol–water partition coefficient (Wildman–Crippen LogP) is 1.75. The van der Waals surface area contributed by atoms with Crippen LogP contribution in [0, 0.1) is 17.8 Å². The molecule has 0 spiro atoms. The third-order valence-corrected chi connectivity index (χ3v) is 8.54. The first kappa shape index (κ1) is 20.3. The topological polar surface area (TPSA) is 95.6 Å². The Balaban J connectivity index is 1.36. The Morgan fingerprint density at radius 1 is 1.07 bits per heavy atom. The number of nitrogens with zero attached hydrogens (tertiary/aromatic N) is 1. The van der Waals surface area contributed by atoms with Gasteiger partial charge in [0, 0.05) is 25.2 Å². The second-order valence-corrected chi connectivity index (χ2v) is 11.4. The number of hydrogen-bond acceptors (Lipinski definition) is 4. The van der Waals surface area contributed by atoms with E-state index >= 15 is 0 Å². The van der Waals surface area contributed by atoms with Crippen molar-refractivity contribution in [2.45, 2.75) is 49.0 Å². The predicted molar refractivity (Wildman–Crippen MR) is 109 cm³/mol. The Labute approximate surface area is 172 Å². The van der Waals surface area contributed by atoms with Crippen LogP contribution in [-0.2, 0) is 14.8 Å². The molecule has 2 N–H and O–H groups in total. The minimum absolute atomic E-state index is 0.0492. The van der Waals surface area contributed by atoms with Crippen molar-refractivity contribution in [2.24, 2.45) is 17.8 Å². The van der Waals surface area contributed by atoms with Crippen molar-refractivity contribution in [3.8, 4) is 0 Å². The van der Waals surface area contributed by atoms with Crippen LogP contribution in [-0.4, -0.2) is 50.7 Å². The molecule has 0 aliphatic heterocycles. The highest BCUT2D eigenvalue weighted by Gasteiger charge is 2.51. The quantitative estimate of drug-likeness (QED) is 0.734. The smallest absolute Gasteiger partial charge is 0.251 e. The Kier molecular flexibility index (Phi) is 5.19. The molecule has 0 saturated heterocycles. The van der Waals surface area contributed by atoms with E-state index in [4.69, 9.17) is 0 Å². The van der Waals surface area contributed by atoms with Gasteiger partial charge in [-0.3, -0.25) is 9.59 Å². The lowest BCUT2D eigenvalue weighted by molar-refractivity contribution is -0.125. The molecule has 29 heavy (non-hydrogen) atoms. The zero-order valence-electron chi connectivity index (χ0n) is 17.0. The summed E-state index contributed by atoms with van der Waals surface area (Å²) in [6, 6.07) is 5.86. The fraction of sp³-hybridized carbons (Fsp3) is 0.619. The highest BCUT2D eigenvalue weighted by Crippen LogP contribution is 2.55. The van der Waals surface area contributed by atoms with Crippen molar-refractivity contribution in [3.05, 3.63) is 29.8 Å². The summed E-state index contributed by atoms with van der Waals surface area (Å²) in [6.07, 6.45) is 7.09. The van der Waals surface area contributed by atoms with Crippen LogP contribution >= 0.6 is 0 Å². The number of carbonyl (C=O) groups excluding carboxylic acids is 2. The Bertz CT molecular complexity index is 890. The molecule has 0 radical (unpaired) electrons. The number of sulfonamides is 1. The molecule has 7 nitrogen and oxygen atoms in total. The molecule has 0 aromatic heterocycles. The van der Waals surface area contributed by atoms with Gasteiger partial charge in [-0.25, -0.2) is 12.7 Å². The highest BCUT2D eigenvalue weighted by molar-refractivity contribution is 7.89. The Morgan fingerprint density at radius 3 is 2.21 bits per heavy atom. The van der Waals surface area contributed by atoms with Crippen LogP contribution in [0.15, 0.2) is 29.2 Å². The SMILES string of the molecule is CN(C)S(=O)(=O)c1cccc(C(=O)NCC(=O)NC23CC4CC(CC(C4)C2)C3)c1. The molecule has 4 aliphatic carbocycles. The van der Waals surface area contributed by atoms with Crippen molar-refractivity contribution < 1.29 is 18.0 Å². The second kappa shape index (κ2) is 7.40. The van der Waals surface area contributed by atoms with Crippen molar-refractivity contribution in [3.63, 3.8) is 0 Å². The number of carbonyl (C=O) groups is 2. The minimum Gasteiger partial charge on any atom is -0.349 e. The van der Waals surface area contributed by atoms with E-state index in [9.17, 15) is 18.0 Å². The third-order valence-electron chi connectivity index (χ3n) is 6.73. The molecule has 0 atom stereocenters. The largest absolute Gasteiger partial charge is 0.349 e. The van der Waals surface area contributed by atoms with E-state index in [1.165, 1.54) is 51.6 Å². The van der Waals surface area contributed by atoms with Gasteiger partial charge in [0.05, 0.1) is 11.4 Å². The first-order valence-electron chi connectivity index (χ1n) is 10.3. The number of amides is 2. The van der Waals surface area contributed by atoms with Gasteiger partial charge in [-0.05, 0) is 74.5 Å². The summed E-state index contributed by atoms with van der Waals surface area (Å²) in [5.41, 5.74) is 0.131. The molecule has 0 unspecified atom stereocenters. The van der Waals surface area contributed by atoms with Crippen molar-refractivity contribution >= 4 is 21.8 Å². The zero-order chi connectivity index (χ0) is 20.8. The zero-order valence-corrected chi connectivity index (χ0v) is 17.8. The first-order valence-corrected chi connectivity index (χ1v) is 11.7. The molecule has 1 aromatic rings. The summed E-state index contributed by atoms with van der Waals surface area (Å²) in [4.78, 5) is 25.1. The molecule has 4 aliphatic rings. The van der Waals surface area contributed by atoms with E-state index in [1.54, 1.807) is 6.07 Å². The van der Waals surface area contributed by atoms with Crippen LogP contribution in [0.25, 0.3) is 0 Å². The Morgan fingerprint density at radius 2 is 1.66 bits per heavy atom. The second-order valence-electron chi connectivity index (χ2n) is 9.24. The summed E-state index contributed by atoms with van der Waals surface area (Å²) in [6.45, 7) is -0.106. The third kappa shape index (κ3) is 4.05. The molecule has 4 bridgehead atoms. The Hall–Kier alpha value is -1.93. The van der Waals surface area contributed by atoms with Crippen LogP contribution in [0.2, 0.25) is 0 Å². The average molecular weight is 420 g/mol. The molecule has 4 fully saturated rings. The van der Waals surface area contributed by atoms with Crippen molar-refractivity contribution in [2.75, 3.05) is 20.6 Å². The molecule has 4 saturated carbocycles. The fourth-order valence-electron chi connectivity index (χ4n) is 5.87. The summed E-state index contributed by atoms with van der Waals surface area (Å²) in [5.74, 6) is 1.58. The molecule has 0 heterocycles. The van der Waals surface area contributed by atoms with Gasteiger partial charge < -0.3 is 10.6 Å². The molecule has 5 rings (SSSR count).